The Bertz CT molecular complexity index is 1560. The maximum atomic E-state index is 14.1. The van der Waals surface area contributed by atoms with Crippen molar-refractivity contribution in [2.45, 2.75) is 13.0 Å². The number of hydrogen-bond acceptors (Lipinski definition) is 9. The normalized spacial score (nSPS) is 12.5. The summed E-state index contributed by atoms with van der Waals surface area (Å²) in [5.41, 5.74) is 3.62. The van der Waals surface area contributed by atoms with Crippen LogP contribution in [0, 0.1) is 0 Å². The molecule has 2 heterocycles. The predicted molar refractivity (Wildman–Crippen MR) is 149 cm³/mol. The largest absolute Gasteiger partial charge is 0.497 e. The van der Waals surface area contributed by atoms with Crippen molar-refractivity contribution in [1.29, 1.82) is 0 Å². The van der Waals surface area contributed by atoms with Gasteiger partial charge in [-0.05, 0) is 47.9 Å². The van der Waals surface area contributed by atoms with E-state index in [4.69, 9.17) is 38.4 Å². The molecule has 0 radical (unpaired) electrons. The third kappa shape index (κ3) is 4.76. The van der Waals surface area contributed by atoms with Crippen LogP contribution in [-0.2, 0) is 13.0 Å². The Morgan fingerprint density at radius 2 is 1.40 bits per heavy atom. The van der Waals surface area contributed by atoms with Crippen LogP contribution in [-0.4, -0.2) is 70.0 Å². The zero-order valence-corrected chi connectivity index (χ0v) is 23.4. The van der Waals surface area contributed by atoms with Crippen LogP contribution < -0.4 is 28.4 Å². The monoisotopic (exact) mass is 545 g/mol. The molecule has 1 aliphatic rings. The lowest BCUT2D eigenvalue weighted by Crippen LogP contribution is -2.36. The molecule has 4 aromatic rings. The molecule has 1 aromatic heterocycles. The average molecular weight is 546 g/mol. The van der Waals surface area contributed by atoms with Crippen molar-refractivity contribution in [2.24, 2.45) is 0 Å². The molecule has 208 valence electrons. The van der Waals surface area contributed by atoms with Crippen LogP contribution in [0.1, 0.15) is 21.6 Å². The van der Waals surface area contributed by atoms with Gasteiger partial charge in [0.2, 0.25) is 5.75 Å². The van der Waals surface area contributed by atoms with Crippen molar-refractivity contribution in [2.75, 3.05) is 49.2 Å². The molecule has 0 N–H and O–H groups in total. The number of ether oxygens (including phenoxy) is 6. The van der Waals surface area contributed by atoms with Gasteiger partial charge >= 0.3 is 0 Å². The fraction of sp³-hybridized carbons (Fsp3) is 0.300. The minimum absolute atomic E-state index is 0.213. The second-order valence-electron chi connectivity index (χ2n) is 9.15. The summed E-state index contributed by atoms with van der Waals surface area (Å²) in [7, 11) is 9.37. The number of aromatic nitrogens is 2. The first-order chi connectivity index (χ1) is 19.4. The third-order valence-corrected chi connectivity index (χ3v) is 7.04. The Kier molecular flexibility index (Phi) is 7.50. The number of carbonyl (C=O) groups is 1. The average Bonchev–Trinajstić information content (AvgIpc) is 3.01. The molecule has 10 heteroatoms. The zero-order valence-electron chi connectivity index (χ0n) is 23.4. The molecule has 0 fully saturated rings. The minimum Gasteiger partial charge on any atom is -0.497 e. The Hall–Kier alpha value is -4.73. The molecule has 10 nitrogen and oxygen atoms in total. The molecule has 5 rings (SSSR count). The van der Waals surface area contributed by atoms with E-state index in [2.05, 4.69) is 0 Å². The van der Waals surface area contributed by atoms with Gasteiger partial charge in [-0.25, -0.2) is 9.97 Å². The van der Waals surface area contributed by atoms with Crippen LogP contribution in [0.2, 0.25) is 0 Å². The van der Waals surface area contributed by atoms with Crippen molar-refractivity contribution < 1.29 is 33.2 Å². The van der Waals surface area contributed by atoms with E-state index in [0.29, 0.717) is 70.5 Å². The van der Waals surface area contributed by atoms with Crippen LogP contribution in [0.4, 0.5) is 0 Å². The Morgan fingerprint density at radius 3 is 2.02 bits per heavy atom. The predicted octanol–water partition coefficient (Wildman–Crippen LogP) is 4.55. The fourth-order valence-corrected chi connectivity index (χ4v) is 4.94. The maximum absolute atomic E-state index is 14.1. The number of benzene rings is 3. The van der Waals surface area contributed by atoms with E-state index in [1.807, 2.05) is 18.2 Å². The van der Waals surface area contributed by atoms with E-state index in [1.165, 1.54) is 26.9 Å². The van der Waals surface area contributed by atoms with Crippen LogP contribution in [0.3, 0.4) is 0 Å². The van der Waals surface area contributed by atoms with Gasteiger partial charge in [-0.3, -0.25) is 4.79 Å². The van der Waals surface area contributed by atoms with Gasteiger partial charge in [0.15, 0.2) is 28.8 Å². The lowest BCUT2D eigenvalue weighted by atomic mass is 9.99. The van der Waals surface area contributed by atoms with E-state index in [1.54, 1.807) is 50.5 Å². The fourth-order valence-electron chi connectivity index (χ4n) is 4.94. The topological polar surface area (TPSA) is 101 Å². The number of rotatable bonds is 8. The minimum atomic E-state index is -0.213. The molecule has 0 atom stereocenters. The van der Waals surface area contributed by atoms with Crippen LogP contribution in [0.5, 0.6) is 34.5 Å². The lowest BCUT2D eigenvalue weighted by molar-refractivity contribution is 0.0731. The number of methoxy groups -OCH3 is 6. The molecule has 0 saturated carbocycles. The lowest BCUT2D eigenvalue weighted by Gasteiger charge is -2.29. The smallest absolute Gasteiger partial charge is 0.273 e. The summed E-state index contributed by atoms with van der Waals surface area (Å²) < 4.78 is 33.0. The van der Waals surface area contributed by atoms with E-state index >= 15 is 0 Å². The Morgan fingerprint density at radius 1 is 0.725 bits per heavy atom. The molecule has 3 aromatic carbocycles. The molecule has 1 aliphatic heterocycles. The first-order valence-electron chi connectivity index (χ1n) is 12.6. The molecule has 0 saturated heterocycles. The molecule has 40 heavy (non-hydrogen) atoms. The van der Waals surface area contributed by atoms with E-state index < -0.39 is 0 Å². The highest BCUT2D eigenvalue weighted by Crippen LogP contribution is 2.41. The first-order valence-corrected chi connectivity index (χ1v) is 12.6. The highest BCUT2D eigenvalue weighted by Gasteiger charge is 2.27. The summed E-state index contributed by atoms with van der Waals surface area (Å²) in [5.74, 6) is 3.22. The van der Waals surface area contributed by atoms with Gasteiger partial charge in [0.1, 0.15) is 11.4 Å². The van der Waals surface area contributed by atoms with Gasteiger partial charge in [0.25, 0.3) is 5.91 Å². The van der Waals surface area contributed by atoms with Gasteiger partial charge in [0.05, 0.1) is 48.2 Å². The Labute approximate surface area is 232 Å². The molecule has 0 unspecified atom stereocenters. The van der Waals surface area contributed by atoms with Crippen molar-refractivity contribution in [3.05, 3.63) is 59.3 Å². The summed E-state index contributed by atoms with van der Waals surface area (Å²) >= 11 is 0. The summed E-state index contributed by atoms with van der Waals surface area (Å²) in [6.45, 7) is 0.994. The van der Waals surface area contributed by atoms with Crippen molar-refractivity contribution in [3.8, 4) is 45.9 Å². The van der Waals surface area contributed by atoms with E-state index in [-0.39, 0.29) is 11.6 Å². The van der Waals surface area contributed by atoms with Crippen LogP contribution in [0.15, 0.2) is 42.5 Å². The quantitative estimate of drug-likeness (QED) is 0.316. The molecule has 0 bridgehead atoms. The number of fused-ring (bicyclic) bond motifs is 2. The van der Waals surface area contributed by atoms with Gasteiger partial charge in [-0.1, -0.05) is 6.07 Å². The number of nitrogens with zero attached hydrogens (tertiary/aromatic N) is 3. The maximum Gasteiger partial charge on any atom is 0.273 e. The summed E-state index contributed by atoms with van der Waals surface area (Å²) in [6.07, 6.45) is 0.707. The highest BCUT2D eigenvalue weighted by molar-refractivity contribution is 6.05. The molecule has 0 aliphatic carbocycles. The van der Waals surface area contributed by atoms with Gasteiger partial charge in [-0.2, -0.15) is 0 Å². The van der Waals surface area contributed by atoms with Gasteiger partial charge in [-0.15, -0.1) is 0 Å². The summed E-state index contributed by atoms with van der Waals surface area (Å²) in [4.78, 5) is 25.5. The van der Waals surface area contributed by atoms with E-state index in [9.17, 15) is 4.79 Å². The SMILES string of the molecule is COc1ccc2c(c1)CCN(C(=O)c1nc(-c3cc(OC)c(OC)c(OC)c3)nc3cc(OC)c(OC)cc13)C2. The van der Waals surface area contributed by atoms with E-state index in [0.717, 1.165) is 11.3 Å². The standard InChI is InChI=1S/C30H31N3O7/c1-35-20-8-7-18-16-33(10-9-17(18)11-20)30(34)27-21-14-23(36-2)24(37-3)15-22(21)31-29(32-27)19-12-25(38-4)28(40-6)26(13-19)39-5/h7-8,11-15H,9-10,16H2,1-6H3. The number of hydrogen-bond donors (Lipinski definition) is 0. The first kappa shape index (κ1) is 26.9. The summed E-state index contributed by atoms with van der Waals surface area (Å²) in [5, 5.41) is 0.555. The second kappa shape index (κ2) is 11.2. The Balaban J connectivity index is 1.66. The van der Waals surface area contributed by atoms with Crippen molar-refractivity contribution in [3.63, 3.8) is 0 Å². The van der Waals surface area contributed by atoms with Crippen LogP contribution >= 0.6 is 0 Å². The number of amides is 1. The van der Waals surface area contributed by atoms with Crippen molar-refractivity contribution >= 4 is 16.8 Å². The molecule has 0 spiro atoms. The van der Waals surface area contributed by atoms with Crippen LogP contribution in [0.25, 0.3) is 22.3 Å². The number of carbonyl (C=O) groups excluding carboxylic acids is 1. The molecular weight excluding hydrogens is 514 g/mol. The zero-order chi connectivity index (χ0) is 28.4. The summed E-state index contributed by atoms with van der Waals surface area (Å²) in [6, 6.07) is 12.9. The van der Waals surface area contributed by atoms with Gasteiger partial charge in [0, 0.05) is 30.1 Å². The highest BCUT2D eigenvalue weighted by atomic mass is 16.5. The molecular formula is C30H31N3O7. The third-order valence-electron chi connectivity index (χ3n) is 7.04. The second-order valence-corrected chi connectivity index (χ2v) is 9.15. The molecule has 1 amide bonds. The van der Waals surface area contributed by atoms with Crippen molar-refractivity contribution in [1.82, 2.24) is 14.9 Å². The van der Waals surface area contributed by atoms with Gasteiger partial charge < -0.3 is 33.3 Å².